The number of sulfonamides is 1. The molecule has 11 heteroatoms. The van der Waals surface area contributed by atoms with Crippen molar-refractivity contribution in [2.75, 3.05) is 10.0 Å². The van der Waals surface area contributed by atoms with E-state index in [-0.39, 0.29) is 28.1 Å². The van der Waals surface area contributed by atoms with Crippen LogP contribution in [0.2, 0.25) is 5.02 Å². The zero-order valence-electron chi connectivity index (χ0n) is 24.6. The highest BCUT2D eigenvalue weighted by Gasteiger charge is 2.25. The van der Waals surface area contributed by atoms with Gasteiger partial charge in [-0.15, -0.1) is 0 Å². The summed E-state index contributed by atoms with van der Waals surface area (Å²) in [5, 5.41) is 7.49. The van der Waals surface area contributed by atoms with Crippen LogP contribution in [0.4, 0.5) is 16.4 Å². The van der Waals surface area contributed by atoms with Gasteiger partial charge in [-0.05, 0) is 106 Å². The quantitative estimate of drug-likeness (QED) is 0.198. The van der Waals surface area contributed by atoms with Crippen LogP contribution >= 0.6 is 11.6 Å². The molecule has 0 spiro atoms. The predicted octanol–water partition coefficient (Wildman–Crippen LogP) is 7.31. The minimum absolute atomic E-state index is 0.0321. The van der Waals surface area contributed by atoms with Gasteiger partial charge in [-0.2, -0.15) is 0 Å². The monoisotopic (exact) mass is 621 g/mol. The number of fused-ring (bicyclic) bond motifs is 1. The van der Waals surface area contributed by atoms with Crippen LogP contribution in [0.15, 0.2) is 71.8 Å². The molecule has 0 unspecified atom stereocenters. The van der Waals surface area contributed by atoms with E-state index in [0.29, 0.717) is 11.6 Å². The molecule has 3 aromatic carbocycles. The van der Waals surface area contributed by atoms with E-state index in [1.807, 2.05) is 58.2 Å². The number of nitrogens with zero attached hydrogens (tertiary/aromatic N) is 2. The first-order valence-electron chi connectivity index (χ1n) is 14.3. The van der Waals surface area contributed by atoms with Crippen molar-refractivity contribution in [3.05, 3.63) is 77.4 Å². The van der Waals surface area contributed by atoms with Gasteiger partial charge in [0.05, 0.1) is 10.5 Å². The smallest absolute Gasteiger partial charge is 0.407 e. The van der Waals surface area contributed by atoms with E-state index in [0.717, 1.165) is 53.3 Å². The number of halogens is 1. The van der Waals surface area contributed by atoms with Crippen molar-refractivity contribution in [2.45, 2.75) is 76.0 Å². The fourth-order valence-corrected chi connectivity index (χ4v) is 6.80. The summed E-state index contributed by atoms with van der Waals surface area (Å²) in [6.07, 6.45) is 4.94. The first-order valence-corrected chi connectivity index (χ1v) is 16.1. The minimum atomic E-state index is -3.82. The summed E-state index contributed by atoms with van der Waals surface area (Å²) < 4.78 is 33.7. The van der Waals surface area contributed by atoms with Gasteiger partial charge in [0.1, 0.15) is 10.5 Å². The fourth-order valence-electron chi connectivity index (χ4n) is 5.23. The third kappa shape index (κ3) is 7.74. The Labute approximate surface area is 257 Å². The Balaban J connectivity index is 1.22. The molecule has 226 valence electrons. The number of aryl methyl sites for hydroxylation is 1. The molecule has 4 aromatic rings. The number of hydrogen-bond donors (Lipinski definition) is 3. The van der Waals surface area contributed by atoms with Gasteiger partial charge < -0.3 is 15.4 Å². The number of alkyl carbamates (subject to hydrolysis) is 1. The molecule has 0 aliphatic heterocycles. The third-order valence-electron chi connectivity index (χ3n) is 7.28. The molecule has 1 heterocycles. The van der Waals surface area contributed by atoms with E-state index in [4.69, 9.17) is 21.3 Å². The summed E-state index contributed by atoms with van der Waals surface area (Å²) in [7, 11) is -3.82. The topological polar surface area (TPSA) is 122 Å². The summed E-state index contributed by atoms with van der Waals surface area (Å²) in [5.74, 6) is 0.579. The van der Waals surface area contributed by atoms with Crippen LogP contribution in [-0.2, 0) is 14.8 Å². The highest BCUT2D eigenvalue weighted by atomic mass is 35.5. The maximum atomic E-state index is 12.8. The lowest BCUT2D eigenvalue weighted by Crippen LogP contribution is -2.42. The number of carbonyl (C=O) groups is 1. The Bertz CT molecular complexity index is 1750. The lowest BCUT2D eigenvalue weighted by molar-refractivity contribution is 0.0492. The van der Waals surface area contributed by atoms with Gasteiger partial charge in [-0.25, -0.2) is 23.2 Å². The average molecular weight is 622 g/mol. The molecule has 1 aliphatic rings. The molecule has 1 saturated carbocycles. The average Bonchev–Trinajstić information content (AvgIpc) is 2.93. The largest absolute Gasteiger partial charge is 0.444 e. The maximum absolute atomic E-state index is 12.8. The number of ether oxygens (including phenoxy) is 1. The third-order valence-corrected chi connectivity index (χ3v) is 9.16. The summed E-state index contributed by atoms with van der Waals surface area (Å²) in [6, 6.07) is 18.1. The summed E-state index contributed by atoms with van der Waals surface area (Å²) in [6.45, 7) is 7.51. The Morgan fingerprint density at radius 1 is 0.977 bits per heavy atom. The first kappa shape index (κ1) is 30.6. The van der Waals surface area contributed by atoms with Crippen LogP contribution in [-0.4, -0.2) is 42.2 Å². The van der Waals surface area contributed by atoms with Gasteiger partial charge in [0.15, 0.2) is 0 Å². The highest BCUT2D eigenvalue weighted by molar-refractivity contribution is 7.92. The summed E-state index contributed by atoms with van der Waals surface area (Å²) >= 11 is 6.10. The van der Waals surface area contributed by atoms with E-state index in [1.165, 1.54) is 6.07 Å². The van der Waals surface area contributed by atoms with Crippen LogP contribution in [0.5, 0.6) is 0 Å². The molecule has 0 saturated heterocycles. The zero-order chi connectivity index (χ0) is 30.8. The van der Waals surface area contributed by atoms with E-state index >= 15 is 0 Å². The van der Waals surface area contributed by atoms with Crippen LogP contribution < -0.4 is 15.4 Å². The number of nitrogens with one attached hydrogen (secondary N) is 3. The lowest BCUT2D eigenvalue weighted by atomic mass is 9.91. The second kappa shape index (κ2) is 12.4. The number of amides is 1. The van der Waals surface area contributed by atoms with Crippen LogP contribution in [0.1, 0.15) is 52.0 Å². The molecule has 5 rings (SSSR count). The van der Waals surface area contributed by atoms with E-state index in [1.54, 1.807) is 30.3 Å². The molecular weight excluding hydrogens is 586 g/mol. The summed E-state index contributed by atoms with van der Waals surface area (Å²) in [5.41, 5.74) is 3.63. The van der Waals surface area contributed by atoms with Crippen molar-refractivity contribution in [2.24, 2.45) is 0 Å². The number of rotatable bonds is 7. The molecule has 3 N–H and O–H groups in total. The van der Waals surface area contributed by atoms with Crippen molar-refractivity contribution < 1.29 is 17.9 Å². The van der Waals surface area contributed by atoms with Gasteiger partial charge in [0.25, 0.3) is 10.0 Å². The van der Waals surface area contributed by atoms with Gasteiger partial charge >= 0.3 is 6.09 Å². The van der Waals surface area contributed by atoms with Crippen molar-refractivity contribution in [3.8, 4) is 11.1 Å². The number of benzene rings is 3. The number of aromatic nitrogens is 2. The minimum Gasteiger partial charge on any atom is -0.444 e. The Kier molecular flexibility index (Phi) is 8.80. The summed E-state index contributed by atoms with van der Waals surface area (Å²) in [4.78, 5) is 21.4. The number of carbonyl (C=O) groups excluding carboxylic acids is 1. The van der Waals surface area contributed by atoms with Crippen molar-refractivity contribution in [1.82, 2.24) is 15.3 Å². The van der Waals surface area contributed by atoms with Crippen molar-refractivity contribution >= 4 is 50.3 Å². The number of anilines is 2. The molecule has 0 atom stereocenters. The first-order chi connectivity index (χ1) is 20.4. The predicted molar refractivity (Wildman–Crippen MR) is 171 cm³/mol. The molecule has 9 nitrogen and oxygen atoms in total. The van der Waals surface area contributed by atoms with Crippen LogP contribution in [0.3, 0.4) is 0 Å². The molecule has 43 heavy (non-hydrogen) atoms. The van der Waals surface area contributed by atoms with Crippen molar-refractivity contribution in [1.29, 1.82) is 0 Å². The Morgan fingerprint density at radius 3 is 2.40 bits per heavy atom. The number of hydrogen-bond acceptors (Lipinski definition) is 7. The molecule has 1 aliphatic carbocycles. The van der Waals surface area contributed by atoms with Gasteiger partial charge in [-0.1, -0.05) is 35.9 Å². The second-order valence-corrected chi connectivity index (χ2v) is 13.9. The Hall–Kier alpha value is -3.89. The van der Waals surface area contributed by atoms with Gasteiger partial charge in [-0.3, -0.25) is 4.72 Å². The molecule has 1 aromatic heterocycles. The molecular formula is C32H36ClN5O4S. The van der Waals surface area contributed by atoms with Crippen LogP contribution in [0.25, 0.3) is 22.0 Å². The van der Waals surface area contributed by atoms with E-state index in [2.05, 4.69) is 20.3 Å². The van der Waals surface area contributed by atoms with E-state index in [9.17, 15) is 13.2 Å². The normalized spacial score (nSPS) is 17.3. The molecule has 1 amide bonds. The fraction of sp³-hybridized carbons (Fsp3) is 0.344. The van der Waals surface area contributed by atoms with Gasteiger partial charge in [0, 0.05) is 29.4 Å². The molecule has 0 radical (unpaired) electrons. The zero-order valence-corrected chi connectivity index (χ0v) is 26.2. The van der Waals surface area contributed by atoms with E-state index < -0.39 is 15.6 Å². The Morgan fingerprint density at radius 2 is 1.70 bits per heavy atom. The lowest BCUT2D eigenvalue weighted by Gasteiger charge is -2.30. The SMILES string of the molecule is Cc1cc(NS(=O)(=O)c2ccccc2Cl)ccc1-c1ccc2nc(NC3CCC(NC(=O)OC(C)(C)C)CC3)ncc2c1. The maximum Gasteiger partial charge on any atom is 0.407 e. The van der Waals surface area contributed by atoms with Gasteiger partial charge in [0.2, 0.25) is 5.95 Å². The molecule has 1 fully saturated rings. The second-order valence-electron chi connectivity index (χ2n) is 11.9. The molecule has 0 bridgehead atoms. The van der Waals surface area contributed by atoms with Crippen molar-refractivity contribution in [3.63, 3.8) is 0 Å². The van der Waals surface area contributed by atoms with Crippen LogP contribution in [0, 0.1) is 6.92 Å². The highest BCUT2D eigenvalue weighted by Crippen LogP contribution is 2.30. The standard InChI is InChI=1S/C32H36ClN5O4S/c1-20-17-25(38-43(40,41)29-8-6-5-7-27(29)33)14-15-26(20)21-9-16-28-22(18-21)19-34-30(37-28)35-23-10-12-24(13-11-23)36-31(39)42-32(2,3)4/h5-9,14-19,23-24,38H,10-13H2,1-4H3,(H,36,39)(H,34,35,37).